The van der Waals surface area contributed by atoms with Crippen LogP contribution in [0.5, 0.6) is 0 Å². The minimum atomic E-state index is -0.242. The van der Waals surface area contributed by atoms with Gasteiger partial charge in [0.05, 0.1) is 11.1 Å². The van der Waals surface area contributed by atoms with Crippen molar-refractivity contribution in [2.75, 3.05) is 10.6 Å². The van der Waals surface area contributed by atoms with E-state index in [0.29, 0.717) is 28.9 Å². The highest BCUT2D eigenvalue weighted by molar-refractivity contribution is 7.99. The lowest BCUT2D eigenvalue weighted by atomic mass is 10.1. The van der Waals surface area contributed by atoms with Gasteiger partial charge in [0.1, 0.15) is 6.07 Å². The Labute approximate surface area is 186 Å². The number of hydrogen-bond donors (Lipinski definition) is 2. The highest BCUT2D eigenvalue weighted by atomic mass is 32.2. The van der Waals surface area contributed by atoms with Gasteiger partial charge in [-0.25, -0.2) is 0 Å². The molecule has 3 aromatic rings. The molecule has 0 radical (unpaired) electrons. The fourth-order valence-corrected chi connectivity index (χ4v) is 3.95. The zero-order valence-electron chi connectivity index (χ0n) is 17.4. The molecular weight excluding hydrogens is 406 g/mol. The zero-order chi connectivity index (χ0) is 22.2. The van der Waals surface area contributed by atoms with E-state index in [-0.39, 0.29) is 17.7 Å². The number of nitrogens with one attached hydrogen (secondary N) is 2. The molecule has 0 atom stereocenters. The summed E-state index contributed by atoms with van der Waals surface area (Å²) in [5.74, 6) is 0.0149. The van der Waals surface area contributed by atoms with Crippen LogP contribution in [0.4, 0.5) is 11.4 Å². The molecule has 6 heteroatoms. The third-order valence-corrected chi connectivity index (χ3v) is 5.53. The molecule has 0 fully saturated rings. The van der Waals surface area contributed by atoms with Crippen molar-refractivity contribution in [3.05, 3.63) is 83.9 Å². The van der Waals surface area contributed by atoms with Gasteiger partial charge in [0, 0.05) is 27.6 Å². The Hall–Kier alpha value is -3.56. The summed E-state index contributed by atoms with van der Waals surface area (Å²) in [5.41, 5.74) is 2.41. The molecule has 0 saturated carbocycles. The molecule has 0 saturated heterocycles. The molecular formula is C25H23N3O2S. The fraction of sp³-hybridized carbons (Fsp3) is 0.160. The average Bonchev–Trinajstić information content (AvgIpc) is 2.75. The first-order valence-electron chi connectivity index (χ1n) is 9.93. The molecule has 0 bridgehead atoms. The maximum absolute atomic E-state index is 12.9. The van der Waals surface area contributed by atoms with Gasteiger partial charge in [-0.3, -0.25) is 9.59 Å². The summed E-state index contributed by atoms with van der Waals surface area (Å²) in [5, 5.41) is 15.1. The van der Waals surface area contributed by atoms with Crippen molar-refractivity contribution in [1.29, 1.82) is 5.26 Å². The highest BCUT2D eigenvalue weighted by Gasteiger charge is 2.14. The van der Waals surface area contributed by atoms with E-state index in [9.17, 15) is 14.9 Å². The maximum atomic E-state index is 12.9. The number of benzene rings is 3. The summed E-state index contributed by atoms with van der Waals surface area (Å²) in [4.78, 5) is 26.4. The molecule has 0 aliphatic heterocycles. The van der Waals surface area contributed by atoms with Crippen LogP contribution in [0.25, 0.3) is 0 Å². The van der Waals surface area contributed by atoms with Gasteiger partial charge in [-0.2, -0.15) is 5.26 Å². The first-order chi connectivity index (χ1) is 15.0. The van der Waals surface area contributed by atoms with Gasteiger partial charge in [0.25, 0.3) is 5.91 Å². The van der Waals surface area contributed by atoms with Crippen LogP contribution in [-0.2, 0) is 4.79 Å². The van der Waals surface area contributed by atoms with Gasteiger partial charge in [-0.05, 0) is 54.4 Å². The summed E-state index contributed by atoms with van der Waals surface area (Å²) in [6, 6.07) is 23.8. The van der Waals surface area contributed by atoms with E-state index in [1.807, 2.05) is 50.2 Å². The lowest BCUT2D eigenvalue weighted by molar-refractivity contribution is -0.116. The van der Waals surface area contributed by atoms with Gasteiger partial charge in [0.2, 0.25) is 5.91 Å². The summed E-state index contributed by atoms with van der Waals surface area (Å²) in [6.45, 7) is 3.99. The van der Waals surface area contributed by atoms with Gasteiger partial charge >= 0.3 is 0 Å². The smallest absolute Gasteiger partial charge is 0.256 e. The zero-order valence-corrected chi connectivity index (χ0v) is 18.2. The third kappa shape index (κ3) is 6.21. The second kappa shape index (κ2) is 10.5. The fourth-order valence-electron chi connectivity index (χ4n) is 2.93. The van der Waals surface area contributed by atoms with Crippen LogP contribution in [0, 0.1) is 17.2 Å². The van der Waals surface area contributed by atoms with Crippen LogP contribution < -0.4 is 10.6 Å². The van der Waals surface area contributed by atoms with Gasteiger partial charge in [-0.1, -0.05) is 49.9 Å². The first kappa shape index (κ1) is 22.1. The van der Waals surface area contributed by atoms with Crippen LogP contribution in [0.15, 0.2) is 82.6 Å². The van der Waals surface area contributed by atoms with Gasteiger partial charge in [-0.15, -0.1) is 0 Å². The number of amides is 2. The number of carbonyl (C=O) groups excluding carboxylic acids is 2. The summed E-state index contributed by atoms with van der Waals surface area (Å²) in [7, 11) is 0. The Balaban J connectivity index is 1.71. The molecule has 2 amide bonds. The first-order valence-corrected chi connectivity index (χ1v) is 10.7. The number of nitrogens with zero attached hydrogens (tertiary/aromatic N) is 1. The molecule has 3 aromatic carbocycles. The molecule has 0 aliphatic carbocycles. The van der Waals surface area contributed by atoms with Crippen molar-refractivity contribution in [1.82, 2.24) is 0 Å². The Morgan fingerprint density at radius 2 is 1.45 bits per heavy atom. The predicted octanol–water partition coefficient (Wildman–Crippen LogP) is 5.95. The summed E-state index contributed by atoms with van der Waals surface area (Å²) in [6.07, 6.45) is 0.460. The lowest BCUT2D eigenvalue weighted by Gasteiger charge is -2.11. The predicted molar refractivity (Wildman–Crippen MR) is 124 cm³/mol. The van der Waals surface area contributed by atoms with E-state index in [0.717, 1.165) is 9.79 Å². The number of rotatable bonds is 7. The monoisotopic (exact) mass is 429 g/mol. The molecule has 0 aliphatic rings. The van der Waals surface area contributed by atoms with E-state index in [1.165, 1.54) is 11.8 Å². The van der Waals surface area contributed by atoms with Crippen LogP contribution >= 0.6 is 11.8 Å². The molecule has 5 nitrogen and oxygen atoms in total. The van der Waals surface area contributed by atoms with Crippen molar-refractivity contribution in [3.8, 4) is 6.07 Å². The number of hydrogen-bond acceptors (Lipinski definition) is 4. The minimum Gasteiger partial charge on any atom is -0.326 e. The van der Waals surface area contributed by atoms with Crippen LogP contribution in [-0.4, -0.2) is 11.8 Å². The maximum Gasteiger partial charge on any atom is 0.256 e. The van der Waals surface area contributed by atoms with Crippen molar-refractivity contribution < 1.29 is 9.59 Å². The molecule has 0 spiro atoms. The van der Waals surface area contributed by atoms with E-state index in [2.05, 4.69) is 16.7 Å². The van der Waals surface area contributed by atoms with Gasteiger partial charge in [0.15, 0.2) is 0 Å². The van der Waals surface area contributed by atoms with Crippen LogP contribution in [0.1, 0.15) is 36.2 Å². The van der Waals surface area contributed by atoms with Gasteiger partial charge < -0.3 is 10.6 Å². The SMILES string of the molecule is CC(C)CC(=O)Nc1ccc(NC(=O)c2ccccc2Sc2ccccc2C#N)cc1. The topological polar surface area (TPSA) is 82.0 Å². The third-order valence-electron chi connectivity index (χ3n) is 4.38. The molecule has 156 valence electrons. The molecule has 2 N–H and O–H groups in total. The Morgan fingerprint density at radius 1 is 0.871 bits per heavy atom. The largest absolute Gasteiger partial charge is 0.326 e. The second-order valence-corrected chi connectivity index (χ2v) is 8.47. The van der Waals surface area contributed by atoms with Crippen molar-refractivity contribution in [3.63, 3.8) is 0 Å². The Bertz CT molecular complexity index is 1120. The van der Waals surface area contributed by atoms with Crippen LogP contribution in [0.2, 0.25) is 0 Å². The highest BCUT2D eigenvalue weighted by Crippen LogP contribution is 2.33. The lowest BCUT2D eigenvalue weighted by Crippen LogP contribution is -2.14. The van der Waals surface area contributed by atoms with Crippen molar-refractivity contribution in [2.24, 2.45) is 5.92 Å². The standard InChI is InChI=1S/C25H23N3O2S/c1-17(2)15-24(29)27-19-11-13-20(14-12-19)28-25(30)21-8-4-6-10-23(21)31-22-9-5-3-7-18(22)16-26/h3-14,17H,15H2,1-2H3,(H,27,29)(H,28,30). The summed E-state index contributed by atoms with van der Waals surface area (Å²) >= 11 is 1.39. The number of nitriles is 1. The van der Waals surface area contributed by atoms with E-state index in [1.54, 1.807) is 36.4 Å². The van der Waals surface area contributed by atoms with E-state index < -0.39 is 0 Å². The Kier molecular flexibility index (Phi) is 7.47. The number of anilines is 2. The minimum absolute atomic E-state index is 0.0320. The quantitative estimate of drug-likeness (QED) is 0.486. The van der Waals surface area contributed by atoms with E-state index in [4.69, 9.17) is 0 Å². The average molecular weight is 430 g/mol. The summed E-state index contributed by atoms with van der Waals surface area (Å²) < 4.78 is 0. The molecule has 0 heterocycles. The van der Waals surface area contributed by atoms with E-state index >= 15 is 0 Å². The Morgan fingerprint density at radius 3 is 2.10 bits per heavy atom. The number of carbonyl (C=O) groups is 2. The van der Waals surface area contributed by atoms with Crippen LogP contribution in [0.3, 0.4) is 0 Å². The second-order valence-electron chi connectivity index (χ2n) is 7.38. The normalized spacial score (nSPS) is 10.4. The molecule has 3 rings (SSSR count). The molecule has 31 heavy (non-hydrogen) atoms. The molecule has 0 unspecified atom stereocenters. The molecule has 0 aromatic heterocycles. The van der Waals surface area contributed by atoms with Crippen molar-refractivity contribution >= 4 is 35.0 Å². The van der Waals surface area contributed by atoms with Crippen molar-refractivity contribution in [2.45, 2.75) is 30.1 Å².